The van der Waals surface area contributed by atoms with E-state index in [2.05, 4.69) is 15.0 Å². The molecule has 0 bridgehead atoms. The lowest BCUT2D eigenvalue weighted by molar-refractivity contribution is 0.190. The van der Waals surface area contributed by atoms with Gasteiger partial charge in [-0.3, -0.25) is 0 Å². The monoisotopic (exact) mass is 178 g/mol. The number of nitrogen functional groups attached to an aromatic ring is 1. The summed E-state index contributed by atoms with van der Waals surface area (Å²) in [6, 6.07) is 3.48. The Morgan fingerprint density at radius 3 is 2.92 bits per heavy atom. The Morgan fingerprint density at radius 2 is 2.23 bits per heavy atom. The van der Waals surface area contributed by atoms with Crippen molar-refractivity contribution in [2.45, 2.75) is 13.0 Å². The summed E-state index contributed by atoms with van der Waals surface area (Å²) in [5, 5.41) is 9.24. The van der Waals surface area contributed by atoms with Gasteiger partial charge in [0.25, 0.3) is 0 Å². The number of imidazole rings is 1. The molecule has 0 spiro atoms. The van der Waals surface area contributed by atoms with Crippen molar-refractivity contribution < 1.29 is 5.11 Å². The van der Waals surface area contributed by atoms with Crippen molar-refractivity contribution >= 4 is 17.0 Å². The van der Waals surface area contributed by atoms with Crippen molar-refractivity contribution in [2.75, 3.05) is 5.73 Å². The highest BCUT2D eigenvalue weighted by atomic mass is 16.3. The Balaban J connectivity index is 2.62. The van der Waals surface area contributed by atoms with Crippen LogP contribution in [0.15, 0.2) is 12.1 Å². The average Bonchev–Trinajstić information content (AvgIpc) is 2.46. The molecule has 5 heteroatoms. The summed E-state index contributed by atoms with van der Waals surface area (Å²) in [6.07, 6.45) is -0.615. The van der Waals surface area contributed by atoms with Crippen LogP contribution in [0.1, 0.15) is 18.9 Å². The molecule has 13 heavy (non-hydrogen) atoms. The maximum absolute atomic E-state index is 9.24. The largest absolute Gasteiger partial charge is 0.385 e. The maximum Gasteiger partial charge on any atom is 0.179 e. The number of H-pyrrole nitrogens is 1. The summed E-state index contributed by atoms with van der Waals surface area (Å²) in [6.45, 7) is 1.64. The van der Waals surface area contributed by atoms with Crippen molar-refractivity contribution in [3.05, 3.63) is 18.0 Å². The zero-order valence-electron chi connectivity index (χ0n) is 7.15. The highest BCUT2D eigenvalue weighted by molar-refractivity contribution is 5.72. The lowest BCUT2D eigenvalue weighted by atomic mass is 10.4. The van der Waals surface area contributed by atoms with Crippen LogP contribution in [0.25, 0.3) is 11.2 Å². The number of nitrogens with two attached hydrogens (primary N) is 1. The average molecular weight is 178 g/mol. The molecule has 0 fully saturated rings. The molecule has 2 aromatic heterocycles. The first-order valence-corrected chi connectivity index (χ1v) is 3.97. The third kappa shape index (κ3) is 1.33. The first kappa shape index (κ1) is 8.00. The number of hydrogen-bond acceptors (Lipinski definition) is 4. The predicted molar refractivity (Wildman–Crippen MR) is 48.9 cm³/mol. The number of rotatable bonds is 1. The molecule has 0 saturated carbocycles. The van der Waals surface area contributed by atoms with Crippen LogP contribution in [-0.2, 0) is 0 Å². The molecule has 5 nitrogen and oxygen atoms in total. The van der Waals surface area contributed by atoms with Gasteiger partial charge in [0.15, 0.2) is 5.65 Å². The van der Waals surface area contributed by atoms with Crippen molar-refractivity contribution in [2.24, 2.45) is 0 Å². The summed E-state index contributed by atoms with van der Waals surface area (Å²) in [5.74, 6) is 0.934. The molecule has 2 rings (SSSR count). The second kappa shape index (κ2) is 2.70. The van der Waals surface area contributed by atoms with Gasteiger partial charge in [-0.1, -0.05) is 0 Å². The van der Waals surface area contributed by atoms with E-state index in [-0.39, 0.29) is 0 Å². The summed E-state index contributed by atoms with van der Waals surface area (Å²) in [7, 11) is 0. The fraction of sp³-hybridized carbons (Fsp3) is 0.250. The van der Waals surface area contributed by atoms with Crippen LogP contribution in [0, 0.1) is 0 Å². The van der Waals surface area contributed by atoms with Crippen LogP contribution in [0.2, 0.25) is 0 Å². The molecule has 1 atom stereocenters. The second-order valence-electron chi connectivity index (χ2n) is 2.91. The van der Waals surface area contributed by atoms with E-state index < -0.39 is 6.10 Å². The van der Waals surface area contributed by atoms with Gasteiger partial charge >= 0.3 is 0 Å². The number of hydrogen-bond donors (Lipinski definition) is 3. The summed E-state index contributed by atoms with van der Waals surface area (Å²) >= 11 is 0. The molecule has 0 amide bonds. The van der Waals surface area contributed by atoms with E-state index in [1.807, 2.05) is 0 Å². The molecule has 0 aliphatic rings. The zero-order chi connectivity index (χ0) is 9.42. The summed E-state index contributed by atoms with van der Waals surface area (Å²) < 4.78 is 0. The normalized spacial score (nSPS) is 13.4. The van der Waals surface area contributed by atoms with Gasteiger partial charge in [0.2, 0.25) is 0 Å². The molecule has 0 aliphatic carbocycles. The molecule has 0 aromatic carbocycles. The van der Waals surface area contributed by atoms with Crippen LogP contribution in [-0.4, -0.2) is 20.1 Å². The number of fused-ring (bicyclic) bond motifs is 1. The molecule has 68 valence electrons. The van der Waals surface area contributed by atoms with Gasteiger partial charge in [0, 0.05) is 0 Å². The fourth-order valence-corrected chi connectivity index (χ4v) is 1.12. The Kier molecular flexibility index (Phi) is 1.66. The molecule has 0 aliphatic heterocycles. The Hall–Kier alpha value is -1.62. The maximum atomic E-state index is 9.24. The van der Waals surface area contributed by atoms with E-state index >= 15 is 0 Å². The smallest absolute Gasteiger partial charge is 0.179 e. The van der Waals surface area contributed by atoms with E-state index in [1.54, 1.807) is 19.1 Å². The molecule has 4 N–H and O–H groups in total. The number of nitrogens with zero attached hydrogens (tertiary/aromatic N) is 2. The molecule has 0 saturated heterocycles. The molecule has 2 aromatic rings. The topological polar surface area (TPSA) is 87.8 Å². The number of anilines is 1. The van der Waals surface area contributed by atoms with Crippen LogP contribution in [0.5, 0.6) is 0 Å². The number of aliphatic hydroxyl groups is 1. The van der Waals surface area contributed by atoms with E-state index in [1.165, 1.54) is 0 Å². The molecule has 0 unspecified atom stereocenters. The Morgan fingerprint density at radius 1 is 1.46 bits per heavy atom. The minimum atomic E-state index is -0.615. The molecule has 2 heterocycles. The van der Waals surface area contributed by atoms with Gasteiger partial charge in [0.05, 0.1) is 5.52 Å². The number of pyridine rings is 1. The molecular formula is C8H10N4O. The van der Waals surface area contributed by atoms with E-state index in [0.717, 1.165) is 5.52 Å². The van der Waals surface area contributed by atoms with Crippen molar-refractivity contribution in [3.8, 4) is 0 Å². The quantitative estimate of drug-likeness (QED) is 0.596. The Bertz CT molecular complexity index is 435. The highest BCUT2D eigenvalue weighted by Gasteiger charge is 2.07. The van der Waals surface area contributed by atoms with Crippen LogP contribution in [0.3, 0.4) is 0 Å². The number of nitrogens with one attached hydrogen (secondary N) is 1. The third-order valence-corrected chi connectivity index (χ3v) is 1.78. The van der Waals surface area contributed by atoms with Gasteiger partial charge in [-0.2, -0.15) is 0 Å². The molecular weight excluding hydrogens is 168 g/mol. The number of aromatic nitrogens is 3. The Labute approximate surface area is 74.6 Å². The summed E-state index contributed by atoms with van der Waals surface area (Å²) in [4.78, 5) is 11.0. The van der Waals surface area contributed by atoms with Crippen molar-refractivity contribution in [1.29, 1.82) is 0 Å². The lowest BCUT2D eigenvalue weighted by Crippen LogP contribution is -1.92. The highest BCUT2D eigenvalue weighted by Crippen LogP contribution is 2.14. The van der Waals surface area contributed by atoms with Gasteiger partial charge in [-0.05, 0) is 19.1 Å². The molecule has 0 radical (unpaired) electrons. The third-order valence-electron chi connectivity index (χ3n) is 1.78. The van der Waals surface area contributed by atoms with Crippen LogP contribution >= 0.6 is 0 Å². The summed E-state index contributed by atoms with van der Waals surface area (Å²) in [5.41, 5.74) is 6.80. The first-order valence-electron chi connectivity index (χ1n) is 3.97. The van der Waals surface area contributed by atoms with Crippen LogP contribution in [0.4, 0.5) is 5.82 Å². The van der Waals surface area contributed by atoms with Gasteiger partial charge in [-0.15, -0.1) is 0 Å². The van der Waals surface area contributed by atoms with Gasteiger partial charge in [0.1, 0.15) is 17.7 Å². The van der Waals surface area contributed by atoms with E-state index in [0.29, 0.717) is 17.3 Å². The SMILES string of the molecule is C[C@H](O)c1nc2nc(N)ccc2[nH]1. The number of aliphatic hydroxyl groups excluding tert-OH is 1. The second-order valence-corrected chi connectivity index (χ2v) is 2.91. The minimum Gasteiger partial charge on any atom is -0.385 e. The van der Waals surface area contributed by atoms with Crippen LogP contribution < -0.4 is 5.73 Å². The zero-order valence-corrected chi connectivity index (χ0v) is 7.15. The predicted octanol–water partition coefficient (Wildman–Crippen LogP) is 0.593. The van der Waals surface area contributed by atoms with Gasteiger partial charge < -0.3 is 15.8 Å². The standard InChI is InChI=1S/C8H10N4O/c1-4(13)7-10-5-2-3-6(9)11-8(5)12-7/h2-4,13H,1H3,(H3,9,10,11,12)/t4-/m0/s1. The first-order chi connectivity index (χ1) is 6.16. The van der Waals surface area contributed by atoms with Gasteiger partial charge in [-0.25, -0.2) is 9.97 Å². The van der Waals surface area contributed by atoms with Crippen molar-refractivity contribution in [3.63, 3.8) is 0 Å². The van der Waals surface area contributed by atoms with Crippen molar-refractivity contribution in [1.82, 2.24) is 15.0 Å². The minimum absolute atomic E-state index is 0.427. The van der Waals surface area contributed by atoms with E-state index in [4.69, 9.17) is 5.73 Å². The fourth-order valence-electron chi connectivity index (χ4n) is 1.12. The number of aromatic amines is 1. The van der Waals surface area contributed by atoms with E-state index in [9.17, 15) is 5.11 Å². The lowest BCUT2D eigenvalue weighted by Gasteiger charge is -1.94.